The monoisotopic (exact) mass is 206 g/mol. The van der Waals surface area contributed by atoms with Crippen molar-refractivity contribution in [3.05, 3.63) is 18.0 Å². The van der Waals surface area contributed by atoms with Crippen LogP contribution in [0.1, 0.15) is 25.0 Å². The van der Waals surface area contributed by atoms with Crippen LogP contribution in [0.3, 0.4) is 0 Å². The summed E-state index contributed by atoms with van der Waals surface area (Å²) < 4.78 is 0. The SMILES string of the molecule is NC(=NN1CCCCC1)c1ccnnn1. The number of nitrogens with zero attached hydrogens (tertiary/aromatic N) is 5. The van der Waals surface area contributed by atoms with E-state index in [0.29, 0.717) is 11.5 Å². The van der Waals surface area contributed by atoms with Crippen molar-refractivity contribution in [2.45, 2.75) is 19.3 Å². The molecule has 0 aliphatic carbocycles. The largest absolute Gasteiger partial charge is 0.380 e. The summed E-state index contributed by atoms with van der Waals surface area (Å²) in [5.41, 5.74) is 6.38. The summed E-state index contributed by atoms with van der Waals surface area (Å²) in [7, 11) is 0. The van der Waals surface area contributed by atoms with E-state index >= 15 is 0 Å². The number of hydrazone groups is 1. The quantitative estimate of drug-likeness (QED) is 0.543. The van der Waals surface area contributed by atoms with Gasteiger partial charge in [-0.25, -0.2) is 0 Å². The Bertz CT molecular complexity index is 330. The van der Waals surface area contributed by atoms with Crippen LogP contribution in [-0.2, 0) is 0 Å². The Morgan fingerprint density at radius 3 is 2.80 bits per heavy atom. The maximum atomic E-state index is 5.80. The van der Waals surface area contributed by atoms with Crippen molar-refractivity contribution in [3.8, 4) is 0 Å². The number of hydrogen-bond acceptors (Lipinski definition) is 5. The van der Waals surface area contributed by atoms with Crippen molar-refractivity contribution in [3.63, 3.8) is 0 Å². The van der Waals surface area contributed by atoms with Gasteiger partial charge in [-0.2, -0.15) is 5.10 Å². The molecule has 2 N–H and O–H groups in total. The molecule has 80 valence electrons. The number of rotatable bonds is 2. The van der Waals surface area contributed by atoms with E-state index < -0.39 is 0 Å². The third-order valence-corrected chi connectivity index (χ3v) is 2.35. The predicted octanol–water partition coefficient (Wildman–Crippen LogP) is -0.0222. The normalized spacial score (nSPS) is 17.9. The highest BCUT2D eigenvalue weighted by atomic mass is 15.5. The van der Waals surface area contributed by atoms with Crippen LogP contribution >= 0.6 is 0 Å². The Morgan fingerprint density at radius 1 is 1.33 bits per heavy atom. The highest BCUT2D eigenvalue weighted by Crippen LogP contribution is 2.08. The van der Waals surface area contributed by atoms with Gasteiger partial charge in [-0.3, -0.25) is 5.01 Å². The molecule has 0 saturated carbocycles. The van der Waals surface area contributed by atoms with Crippen LogP contribution in [0.4, 0.5) is 0 Å². The first-order valence-electron chi connectivity index (χ1n) is 5.10. The van der Waals surface area contributed by atoms with Crippen molar-refractivity contribution >= 4 is 5.84 Å². The van der Waals surface area contributed by atoms with Gasteiger partial charge < -0.3 is 5.73 Å². The van der Waals surface area contributed by atoms with Crippen LogP contribution < -0.4 is 5.73 Å². The summed E-state index contributed by atoms with van der Waals surface area (Å²) in [6, 6.07) is 1.70. The Labute approximate surface area is 88.2 Å². The van der Waals surface area contributed by atoms with Crippen molar-refractivity contribution in [2.24, 2.45) is 10.8 Å². The summed E-state index contributed by atoms with van der Waals surface area (Å²) >= 11 is 0. The molecule has 1 saturated heterocycles. The van der Waals surface area contributed by atoms with Gasteiger partial charge in [-0.05, 0) is 30.5 Å². The molecule has 6 nitrogen and oxygen atoms in total. The van der Waals surface area contributed by atoms with Gasteiger partial charge >= 0.3 is 0 Å². The molecule has 6 heteroatoms. The van der Waals surface area contributed by atoms with Crippen LogP contribution in [0.25, 0.3) is 0 Å². The van der Waals surface area contributed by atoms with Crippen LogP contribution in [0.2, 0.25) is 0 Å². The lowest BCUT2D eigenvalue weighted by Crippen LogP contribution is -2.29. The second kappa shape index (κ2) is 4.68. The van der Waals surface area contributed by atoms with Gasteiger partial charge in [0.15, 0.2) is 5.84 Å². The zero-order chi connectivity index (χ0) is 10.5. The Kier molecular flexibility index (Phi) is 3.06. The van der Waals surface area contributed by atoms with Crippen LogP contribution in [-0.4, -0.2) is 39.3 Å². The van der Waals surface area contributed by atoms with E-state index in [0.717, 1.165) is 13.1 Å². The molecule has 1 fully saturated rings. The Balaban J connectivity index is 2.06. The Hall–Kier alpha value is -1.72. The summed E-state index contributed by atoms with van der Waals surface area (Å²) in [4.78, 5) is 0. The lowest BCUT2D eigenvalue weighted by atomic mass is 10.2. The van der Waals surface area contributed by atoms with Gasteiger partial charge in [0, 0.05) is 13.1 Å². The van der Waals surface area contributed by atoms with E-state index in [4.69, 9.17) is 5.73 Å². The summed E-state index contributed by atoms with van der Waals surface area (Å²) in [5.74, 6) is 0.409. The molecule has 2 heterocycles. The van der Waals surface area contributed by atoms with E-state index in [1.165, 1.54) is 19.3 Å². The molecular formula is C9H14N6. The average Bonchev–Trinajstić information content (AvgIpc) is 2.31. The molecule has 0 aromatic carbocycles. The maximum Gasteiger partial charge on any atom is 0.171 e. The van der Waals surface area contributed by atoms with Gasteiger partial charge in [0.25, 0.3) is 0 Å². The molecule has 1 aliphatic heterocycles. The number of piperidine rings is 1. The molecule has 1 aromatic rings. The van der Waals surface area contributed by atoms with E-state index in [1.807, 2.05) is 5.01 Å². The van der Waals surface area contributed by atoms with Crippen molar-refractivity contribution in [1.29, 1.82) is 0 Å². The first kappa shape index (κ1) is 9.82. The van der Waals surface area contributed by atoms with Crippen molar-refractivity contribution in [2.75, 3.05) is 13.1 Å². The standard InChI is InChI=1S/C9H14N6/c10-9(8-4-5-11-14-12-8)13-15-6-2-1-3-7-15/h4-5H,1-3,6-7H2,(H2,10,13). The van der Waals surface area contributed by atoms with E-state index in [9.17, 15) is 0 Å². The highest BCUT2D eigenvalue weighted by Gasteiger charge is 2.09. The molecule has 2 rings (SSSR count). The maximum absolute atomic E-state index is 5.80. The average molecular weight is 206 g/mol. The Morgan fingerprint density at radius 2 is 2.13 bits per heavy atom. The second-order valence-electron chi connectivity index (χ2n) is 3.51. The van der Waals surface area contributed by atoms with E-state index in [2.05, 4.69) is 20.5 Å². The van der Waals surface area contributed by atoms with Crippen molar-refractivity contribution in [1.82, 2.24) is 20.4 Å². The van der Waals surface area contributed by atoms with Gasteiger partial charge in [0.1, 0.15) is 5.69 Å². The molecule has 0 bridgehead atoms. The fourth-order valence-electron chi connectivity index (χ4n) is 1.56. The van der Waals surface area contributed by atoms with Crippen LogP contribution in [0.15, 0.2) is 17.4 Å². The third-order valence-electron chi connectivity index (χ3n) is 2.35. The topological polar surface area (TPSA) is 80.3 Å². The fourth-order valence-corrected chi connectivity index (χ4v) is 1.56. The summed E-state index contributed by atoms with van der Waals surface area (Å²) in [5, 5.41) is 17.2. The molecule has 0 unspecified atom stereocenters. The number of nitrogens with two attached hydrogens (primary N) is 1. The number of amidine groups is 1. The van der Waals surface area contributed by atoms with Gasteiger partial charge in [0.2, 0.25) is 0 Å². The summed E-state index contributed by atoms with van der Waals surface area (Å²) in [6.07, 6.45) is 5.19. The molecule has 0 amide bonds. The molecule has 0 atom stereocenters. The lowest BCUT2D eigenvalue weighted by molar-refractivity contribution is 0.239. The predicted molar refractivity (Wildman–Crippen MR) is 56.0 cm³/mol. The molecule has 1 aliphatic rings. The van der Waals surface area contributed by atoms with E-state index in [1.54, 1.807) is 12.3 Å². The van der Waals surface area contributed by atoms with Gasteiger partial charge in [0.05, 0.1) is 6.20 Å². The smallest absolute Gasteiger partial charge is 0.171 e. The van der Waals surface area contributed by atoms with Crippen LogP contribution in [0, 0.1) is 0 Å². The zero-order valence-electron chi connectivity index (χ0n) is 8.50. The molecular weight excluding hydrogens is 192 g/mol. The number of aromatic nitrogens is 3. The number of hydrogen-bond donors (Lipinski definition) is 1. The lowest BCUT2D eigenvalue weighted by Gasteiger charge is -2.23. The minimum absolute atomic E-state index is 0.409. The van der Waals surface area contributed by atoms with Gasteiger partial charge in [-0.1, -0.05) is 0 Å². The van der Waals surface area contributed by atoms with E-state index in [-0.39, 0.29) is 0 Å². The summed E-state index contributed by atoms with van der Waals surface area (Å²) in [6.45, 7) is 1.94. The molecule has 0 spiro atoms. The molecule has 1 aromatic heterocycles. The fraction of sp³-hybridized carbons (Fsp3) is 0.556. The minimum atomic E-state index is 0.409. The second-order valence-corrected chi connectivity index (χ2v) is 3.51. The third kappa shape index (κ3) is 2.61. The first-order chi connectivity index (χ1) is 7.36. The first-order valence-corrected chi connectivity index (χ1v) is 5.10. The highest BCUT2D eigenvalue weighted by molar-refractivity contribution is 5.95. The molecule has 0 radical (unpaired) electrons. The minimum Gasteiger partial charge on any atom is -0.380 e. The van der Waals surface area contributed by atoms with Gasteiger partial charge in [-0.15, -0.1) is 10.2 Å². The van der Waals surface area contributed by atoms with Crippen LogP contribution in [0.5, 0.6) is 0 Å². The van der Waals surface area contributed by atoms with Crippen molar-refractivity contribution < 1.29 is 0 Å². The zero-order valence-corrected chi connectivity index (χ0v) is 8.50. The molecule has 15 heavy (non-hydrogen) atoms.